The fourth-order valence-electron chi connectivity index (χ4n) is 3.08. The van der Waals surface area contributed by atoms with Crippen LogP contribution in [0.4, 0.5) is 5.69 Å². The molecule has 3 heteroatoms. The molecule has 1 aliphatic carbocycles. The number of nitrogens with one attached hydrogen (secondary N) is 1. The molecule has 1 saturated carbocycles. The van der Waals surface area contributed by atoms with Gasteiger partial charge in [0.1, 0.15) is 0 Å². The zero-order valence-electron chi connectivity index (χ0n) is 13.1. The molecule has 1 amide bonds. The molecule has 20 heavy (non-hydrogen) atoms. The van der Waals surface area contributed by atoms with E-state index >= 15 is 0 Å². The smallest absolute Gasteiger partial charge is 0.253 e. The Labute approximate surface area is 122 Å². The minimum atomic E-state index is 0.0616. The topological polar surface area (TPSA) is 32.3 Å². The Bertz CT molecular complexity index is 482. The van der Waals surface area contributed by atoms with Crippen molar-refractivity contribution in [2.24, 2.45) is 5.92 Å². The summed E-state index contributed by atoms with van der Waals surface area (Å²) in [4.78, 5) is 13.7. The first kappa shape index (κ1) is 14.9. The Kier molecular flexibility index (Phi) is 4.69. The molecular weight excluding hydrogens is 248 g/mol. The van der Waals surface area contributed by atoms with Gasteiger partial charge in [0.05, 0.1) is 0 Å². The standard InChI is InChI=1S/C17H26N2O/c1-5-13-7-6-8-15(13)18-16-11-14(10-9-12(16)2)17(20)19(3)4/h9-11,13,15,18H,5-8H2,1-4H3. The Morgan fingerprint density at radius 3 is 2.75 bits per heavy atom. The normalized spacial score (nSPS) is 21.8. The third-order valence-electron chi connectivity index (χ3n) is 4.42. The van der Waals surface area contributed by atoms with Crippen LogP contribution < -0.4 is 5.32 Å². The van der Waals surface area contributed by atoms with Gasteiger partial charge < -0.3 is 10.2 Å². The number of amides is 1. The van der Waals surface area contributed by atoms with Crippen LogP contribution in [-0.2, 0) is 0 Å². The fourth-order valence-corrected chi connectivity index (χ4v) is 3.08. The van der Waals surface area contributed by atoms with Crippen LogP contribution in [0.15, 0.2) is 18.2 Å². The molecule has 0 aromatic heterocycles. The Morgan fingerprint density at radius 2 is 2.10 bits per heavy atom. The van der Waals surface area contributed by atoms with Crippen LogP contribution in [0, 0.1) is 12.8 Å². The lowest BCUT2D eigenvalue weighted by atomic mass is 9.99. The van der Waals surface area contributed by atoms with Crippen molar-refractivity contribution in [2.75, 3.05) is 19.4 Å². The van der Waals surface area contributed by atoms with Gasteiger partial charge >= 0.3 is 0 Å². The molecule has 2 rings (SSSR count). The van der Waals surface area contributed by atoms with Crippen molar-refractivity contribution in [3.8, 4) is 0 Å². The van der Waals surface area contributed by atoms with E-state index in [0.29, 0.717) is 6.04 Å². The highest BCUT2D eigenvalue weighted by atomic mass is 16.2. The van der Waals surface area contributed by atoms with E-state index in [9.17, 15) is 4.79 Å². The van der Waals surface area contributed by atoms with Crippen molar-refractivity contribution < 1.29 is 4.79 Å². The number of rotatable bonds is 4. The molecule has 3 nitrogen and oxygen atoms in total. The van der Waals surface area contributed by atoms with E-state index in [1.54, 1.807) is 19.0 Å². The zero-order chi connectivity index (χ0) is 14.7. The SMILES string of the molecule is CCC1CCCC1Nc1cc(C(=O)N(C)C)ccc1C. The Morgan fingerprint density at radius 1 is 1.35 bits per heavy atom. The van der Waals surface area contributed by atoms with Crippen molar-refractivity contribution in [2.45, 2.75) is 45.6 Å². The number of anilines is 1. The van der Waals surface area contributed by atoms with Crippen LogP contribution >= 0.6 is 0 Å². The van der Waals surface area contributed by atoms with E-state index in [1.165, 1.54) is 31.2 Å². The number of carbonyl (C=O) groups is 1. The third kappa shape index (κ3) is 3.14. The van der Waals surface area contributed by atoms with Crippen molar-refractivity contribution in [1.29, 1.82) is 0 Å². The highest BCUT2D eigenvalue weighted by Crippen LogP contribution is 2.31. The monoisotopic (exact) mass is 274 g/mol. The van der Waals surface area contributed by atoms with E-state index in [-0.39, 0.29) is 5.91 Å². The van der Waals surface area contributed by atoms with E-state index in [0.717, 1.165) is 17.2 Å². The van der Waals surface area contributed by atoms with Crippen LogP contribution in [0.1, 0.15) is 48.5 Å². The van der Waals surface area contributed by atoms with Gasteiger partial charge in [-0.25, -0.2) is 0 Å². The van der Waals surface area contributed by atoms with Crippen molar-refractivity contribution in [3.63, 3.8) is 0 Å². The maximum absolute atomic E-state index is 12.1. The first-order chi connectivity index (χ1) is 9.52. The number of hydrogen-bond acceptors (Lipinski definition) is 2. The van der Waals surface area contributed by atoms with Gasteiger partial charge in [-0.15, -0.1) is 0 Å². The summed E-state index contributed by atoms with van der Waals surface area (Å²) in [6, 6.07) is 6.51. The third-order valence-corrected chi connectivity index (χ3v) is 4.42. The molecule has 110 valence electrons. The molecule has 0 aliphatic heterocycles. The molecule has 1 N–H and O–H groups in total. The summed E-state index contributed by atoms with van der Waals surface area (Å²) in [5, 5.41) is 3.67. The van der Waals surface area contributed by atoms with Gasteiger partial charge in [0.15, 0.2) is 0 Å². The summed E-state index contributed by atoms with van der Waals surface area (Å²) < 4.78 is 0. The molecule has 0 heterocycles. The van der Waals surface area contributed by atoms with Gasteiger partial charge in [-0.05, 0) is 43.4 Å². The number of hydrogen-bond donors (Lipinski definition) is 1. The van der Waals surface area contributed by atoms with E-state index < -0.39 is 0 Å². The minimum absolute atomic E-state index is 0.0616. The molecule has 0 saturated heterocycles. The molecule has 2 atom stereocenters. The predicted molar refractivity (Wildman–Crippen MR) is 84.2 cm³/mol. The second kappa shape index (κ2) is 6.29. The molecule has 0 radical (unpaired) electrons. The molecule has 1 aromatic carbocycles. The molecular formula is C17H26N2O. The summed E-state index contributed by atoms with van der Waals surface area (Å²) in [6.07, 6.45) is 5.10. The van der Waals surface area contributed by atoms with Gasteiger partial charge in [-0.3, -0.25) is 4.79 Å². The average Bonchev–Trinajstić information content (AvgIpc) is 2.87. The molecule has 2 unspecified atom stereocenters. The highest BCUT2D eigenvalue weighted by Gasteiger charge is 2.26. The highest BCUT2D eigenvalue weighted by molar-refractivity contribution is 5.95. The number of nitrogens with zero attached hydrogens (tertiary/aromatic N) is 1. The van der Waals surface area contributed by atoms with Crippen LogP contribution in [-0.4, -0.2) is 30.9 Å². The average molecular weight is 274 g/mol. The first-order valence-corrected chi connectivity index (χ1v) is 7.61. The predicted octanol–water partition coefficient (Wildman–Crippen LogP) is 3.69. The summed E-state index contributed by atoms with van der Waals surface area (Å²) in [6.45, 7) is 4.37. The summed E-state index contributed by atoms with van der Waals surface area (Å²) in [5.74, 6) is 0.828. The van der Waals surface area contributed by atoms with E-state index in [2.05, 4.69) is 19.2 Å². The Balaban J connectivity index is 2.18. The largest absolute Gasteiger partial charge is 0.382 e. The van der Waals surface area contributed by atoms with Crippen LogP contribution in [0.25, 0.3) is 0 Å². The van der Waals surface area contributed by atoms with Crippen molar-refractivity contribution in [1.82, 2.24) is 4.90 Å². The molecule has 0 spiro atoms. The molecule has 1 fully saturated rings. The van der Waals surface area contributed by atoms with Gasteiger partial charge in [-0.1, -0.05) is 25.8 Å². The Hall–Kier alpha value is -1.51. The fraction of sp³-hybridized carbons (Fsp3) is 0.588. The summed E-state index contributed by atoms with van der Waals surface area (Å²) in [7, 11) is 3.58. The number of benzene rings is 1. The number of carbonyl (C=O) groups excluding carboxylic acids is 1. The van der Waals surface area contributed by atoms with Crippen molar-refractivity contribution >= 4 is 11.6 Å². The molecule has 0 bridgehead atoms. The maximum atomic E-state index is 12.1. The second-order valence-corrected chi connectivity index (χ2v) is 6.08. The van der Waals surface area contributed by atoms with E-state index in [1.807, 2.05) is 18.2 Å². The minimum Gasteiger partial charge on any atom is -0.382 e. The van der Waals surface area contributed by atoms with Crippen LogP contribution in [0.3, 0.4) is 0 Å². The lowest BCUT2D eigenvalue weighted by molar-refractivity contribution is 0.0827. The first-order valence-electron chi connectivity index (χ1n) is 7.61. The van der Waals surface area contributed by atoms with Crippen molar-refractivity contribution in [3.05, 3.63) is 29.3 Å². The molecule has 1 aliphatic rings. The van der Waals surface area contributed by atoms with Crippen LogP contribution in [0.2, 0.25) is 0 Å². The lowest BCUT2D eigenvalue weighted by Gasteiger charge is -2.23. The lowest BCUT2D eigenvalue weighted by Crippen LogP contribution is -2.25. The quantitative estimate of drug-likeness (QED) is 0.908. The van der Waals surface area contributed by atoms with Crippen LogP contribution in [0.5, 0.6) is 0 Å². The van der Waals surface area contributed by atoms with Gasteiger partial charge in [0.2, 0.25) is 0 Å². The summed E-state index contributed by atoms with van der Waals surface area (Å²) >= 11 is 0. The van der Waals surface area contributed by atoms with Gasteiger partial charge in [0, 0.05) is 31.4 Å². The maximum Gasteiger partial charge on any atom is 0.253 e. The second-order valence-electron chi connectivity index (χ2n) is 6.08. The molecule has 1 aromatic rings. The van der Waals surface area contributed by atoms with Gasteiger partial charge in [-0.2, -0.15) is 0 Å². The summed E-state index contributed by atoms with van der Waals surface area (Å²) in [5.41, 5.74) is 3.08. The van der Waals surface area contributed by atoms with Gasteiger partial charge in [0.25, 0.3) is 5.91 Å². The number of aryl methyl sites for hydroxylation is 1. The zero-order valence-corrected chi connectivity index (χ0v) is 13.1. The van der Waals surface area contributed by atoms with E-state index in [4.69, 9.17) is 0 Å².